The van der Waals surface area contributed by atoms with Gasteiger partial charge in [0.1, 0.15) is 5.69 Å². The van der Waals surface area contributed by atoms with Gasteiger partial charge < -0.3 is 4.90 Å². The number of amides is 1. The van der Waals surface area contributed by atoms with Gasteiger partial charge in [0.2, 0.25) is 5.91 Å². The smallest absolute Gasteiger partial charge is 0.246 e. The minimum absolute atomic E-state index is 0.0640. The fraction of sp³-hybridized carbons (Fsp3) is 0.389. The van der Waals surface area contributed by atoms with Gasteiger partial charge in [0.05, 0.1) is 12.7 Å². The molecule has 1 fully saturated rings. The molecular weight excluding hydrogens is 288 g/mol. The van der Waals surface area contributed by atoms with Crippen molar-refractivity contribution >= 4 is 12.0 Å². The number of carbonyl (C=O) groups excluding carboxylic acids is 1. The van der Waals surface area contributed by atoms with Crippen LogP contribution in [-0.4, -0.2) is 38.9 Å². The van der Waals surface area contributed by atoms with Gasteiger partial charge in [-0.15, -0.1) is 5.10 Å². The van der Waals surface area contributed by atoms with Crippen LogP contribution < -0.4 is 0 Å². The number of piperidine rings is 1. The van der Waals surface area contributed by atoms with Gasteiger partial charge in [-0.05, 0) is 30.4 Å². The zero-order valence-electron chi connectivity index (χ0n) is 13.4. The molecule has 23 heavy (non-hydrogen) atoms. The Morgan fingerprint density at radius 3 is 2.96 bits per heavy atom. The van der Waals surface area contributed by atoms with Crippen LogP contribution in [0, 0.1) is 5.92 Å². The highest BCUT2D eigenvalue weighted by Gasteiger charge is 2.18. The maximum Gasteiger partial charge on any atom is 0.246 e. The van der Waals surface area contributed by atoms with Gasteiger partial charge in [-0.2, -0.15) is 0 Å². The SMILES string of the molecule is CC1CCCN(C(=O)C=Cc2cn(Cc3ccccc3)nn2)C1. The Morgan fingerprint density at radius 2 is 2.17 bits per heavy atom. The average molecular weight is 310 g/mol. The van der Waals surface area contributed by atoms with Crippen LogP contribution in [0.5, 0.6) is 0 Å². The number of benzene rings is 1. The summed E-state index contributed by atoms with van der Waals surface area (Å²) in [7, 11) is 0. The van der Waals surface area contributed by atoms with Crippen molar-refractivity contribution in [2.24, 2.45) is 5.92 Å². The standard InChI is InChI=1S/C18H22N4O/c1-15-6-5-11-21(12-15)18(23)10-9-17-14-22(20-19-17)13-16-7-3-2-4-8-16/h2-4,7-10,14-15H,5-6,11-13H2,1H3. The number of hydrogen-bond acceptors (Lipinski definition) is 3. The van der Waals surface area contributed by atoms with Crippen LogP contribution >= 0.6 is 0 Å². The molecule has 1 amide bonds. The van der Waals surface area contributed by atoms with Gasteiger partial charge in [-0.3, -0.25) is 4.79 Å². The normalized spacial score (nSPS) is 18.5. The van der Waals surface area contributed by atoms with E-state index >= 15 is 0 Å². The van der Waals surface area contributed by atoms with Crippen LogP contribution in [0.25, 0.3) is 6.08 Å². The molecule has 1 aliphatic rings. The summed E-state index contributed by atoms with van der Waals surface area (Å²) >= 11 is 0. The average Bonchev–Trinajstić information content (AvgIpc) is 3.01. The summed E-state index contributed by atoms with van der Waals surface area (Å²) in [6.07, 6.45) is 7.51. The first kappa shape index (κ1) is 15.5. The minimum atomic E-state index is 0.0640. The number of carbonyl (C=O) groups is 1. The molecule has 0 spiro atoms. The van der Waals surface area contributed by atoms with E-state index < -0.39 is 0 Å². The van der Waals surface area contributed by atoms with E-state index in [-0.39, 0.29) is 5.91 Å². The monoisotopic (exact) mass is 310 g/mol. The fourth-order valence-corrected chi connectivity index (χ4v) is 2.89. The molecule has 0 bridgehead atoms. The molecule has 2 heterocycles. The highest BCUT2D eigenvalue weighted by molar-refractivity contribution is 5.91. The summed E-state index contributed by atoms with van der Waals surface area (Å²) in [5, 5.41) is 8.20. The van der Waals surface area contributed by atoms with Crippen molar-refractivity contribution in [3.8, 4) is 0 Å². The molecule has 1 atom stereocenters. The Hall–Kier alpha value is -2.43. The largest absolute Gasteiger partial charge is 0.339 e. The molecule has 120 valence electrons. The second-order valence-electron chi connectivity index (χ2n) is 6.19. The predicted octanol–water partition coefficient (Wildman–Crippen LogP) is 2.60. The Bertz CT molecular complexity index is 677. The highest BCUT2D eigenvalue weighted by atomic mass is 16.2. The van der Waals surface area contributed by atoms with Crippen LogP contribution in [0.1, 0.15) is 31.0 Å². The minimum Gasteiger partial charge on any atom is -0.339 e. The lowest BCUT2D eigenvalue weighted by Gasteiger charge is -2.29. The molecule has 0 saturated carbocycles. The molecule has 1 aliphatic heterocycles. The maximum absolute atomic E-state index is 12.2. The summed E-state index contributed by atoms with van der Waals surface area (Å²) < 4.78 is 1.78. The molecule has 3 rings (SSSR count). The first-order valence-electron chi connectivity index (χ1n) is 8.12. The van der Waals surface area contributed by atoms with Crippen LogP contribution in [0.4, 0.5) is 0 Å². The lowest BCUT2D eigenvalue weighted by Crippen LogP contribution is -2.38. The second kappa shape index (κ2) is 7.22. The molecule has 2 aromatic rings. The molecule has 1 saturated heterocycles. The topological polar surface area (TPSA) is 51.0 Å². The zero-order valence-corrected chi connectivity index (χ0v) is 13.4. The molecule has 0 N–H and O–H groups in total. The Kier molecular flexibility index (Phi) is 4.86. The molecule has 0 radical (unpaired) electrons. The highest BCUT2D eigenvalue weighted by Crippen LogP contribution is 2.15. The van der Waals surface area contributed by atoms with Crippen LogP contribution in [0.2, 0.25) is 0 Å². The zero-order chi connectivity index (χ0) is 16.1. The molecule has 5 nitrogen and oxygen atoms in total. The lowest BCUT2D eigenvalue weighted by molar-refractivity contribution is -0.127. The van der Waals surface area contributed by atoms with Crippen molar-refractivity contribution in [2.75, 3.05) is 13.1 Å². The van der Waals surface area contributed by atoms with Crippen molar-refractivity contribution in [3.63, 3.8) is 0 Å². The van der Waals surface area contributed by atoms with E-state index in [9.17, 15) is 4.79 Å². The third kappa shape index (κ3) is 4.28. The molecule has 5 heteroatoms. The number of hydrogen-bond donors (Lipinski definition) is 0. The van der Waals surface area contributed by atoms with E-state index in [1.54, 1.807) is 16.8 Å². The van der Waals surface area contributed by atoms with Gasteiger partial charge >= 0.3 is 0 Å². The summed E-state index contributed by atoms with van der Waals surface area (Å²) in [5.74, 6) is 0.655. The number of likely N-dealkylation sites (tertiary alicyclic amines) is 1. The van der Waals surface area contributed by atoms with Crippen molar-refractivity contribution in [3.05, 3.63) is 53.9 Å². The number of rotatable bonds is 4. The van der Waals surface area contributed by atoms with Gasteiger partial charge in [-0.25, -0.2) is 4.68 Å². The Labute approximate surface area is 136 Å². The molecule has 1 aromatic carbocycles. The first-order valence-corrected chi connectivity index (χ1v) is 8.12. The van der Waals surface area contributed by atoms with Crippen LogP contribution in [0.15, 0.2) is 42.6 Å². The van der Waals surface area contributed by atoms with E-state index in [0.717, 1.165) is 19.5 Å². The van der Waals surface area contributed by atoms with Crippen LogP contribution in [0.3, 0.4) is 0 Å². The second-order valence-corrected chi connectivity index (χ2v) is 6.19. The number of aromatic nitrogens is 3. The fourth-order valence-electron chi connectivity index (χ4n) is 2.89. The third-order valence-electron chi connectivity index (χ3n) is 4.11. The van der Waals surface area contributed by atoms with Gasteiger partial charge in [-0.1, -0.05) is 42.5 Å². The Balaban J connectivity index is 1.59. The van der Waals surface area contributed by atoms with E-state index in [1.807, 2.05) is 29.3 Å². The summed E-state index contributed by atoms with van der Waals surface area (Å²) in [5.41, 5.74) is 1.88. The maximum atomic E-state index is 12.2. The van der Waals surface area contributed by atoms with Gasteiger partial charge in [0, 0.05) is 19.2 Å². The van der Waals surface area contributed by atoms with Crippen molar-refractivity contribution < 1.29 is 4.79 Å². The van der Waals surface area contributed by atoms with Crippen molar-refractivity contribution in [1.29, 1.82) is 0 Å². The first-order chi connectivity index (χ1) is 11.2. The summed E-state index contributed by atoms with van der Waals surface area (Å²) in [4.78, 5) is 14.1. The van der Waals surface area contributed by atoms with Gasteiger partial charge in [0.15, 0.2) is 0 Å². The quantitative estimate of drug-likeness (QED) is 0.816. The van der Waals surface area contributed by atoms with Crippen LogP contribution in [-0.2, 0) is 11.3 Å². The van der Waals surface area contributed by atoms with E-state index in [4.69, 9.17) is 0 Å². The third-order valence-corrected chi connectivity index (χ3v) is 4.11. The van der Waals surface area contributed by atoms with E-state index in [0.29, 0.717) is 18.2 Å². The van der Waals surface area contributed by atoms with E-state index in [2.05, 4.69) is 29.4 Å². The summed E-state index contributed by atoms with van der Waals surface area (Å²) in [6, 6.07) is 10.1. The molecule has 1 aromatic heterocycles. The predicted molar refractivity (Wildman–Crippen MR) is 89.6 cm³/mol. The van der Waals surface area contributed by atoms with Crippen molar-refractivity contribution in [2.45, 2.75) is 26.3 Å². The molecular formula is C18H22N4O. The van der Waals surface area contributed by atoms with Gasteiger partial charge in [0.25, 0.3) is 0 Å². The molecule has 1 unspecified atom stereocenters. The molecule has 0 aliphatic carbocycles. The number of nitrogens with zero attached hydrogens (tertiary/aromatic N) is 4. The lowest BCUT2D eigenvalue weighted by atomic mass is 10.0. The van der Waals surface area contributed by atoms with E-state index in [1.165, 1.54) is 12.0 Å². The Morgan fingerprint density at radius 1 is 1.35 bits per heavy atom. The summed E-state index contributed by atoms with van der Waals surface area (Å²) in [6.45, 7) is 4.58. The van der Waals surface area contributed by atoms with Crippen molar-refractivity contribution in [1.82, 2.24) is 19.9 Å².